The summed E-state index contributed by atoms with van der Waals surface area (Å²) in [6, 6.07) is 13.7. The smallest absolute Gasteiger partial charge is 0.237 e. The summed E-state index contributed by atoms with van der Waals surface area (Å²) in [6.45, 7) is 3.62. The van der Waals surface area contributed by atoms with E-state index in [1.807, 2.05) is 0 Å². The Bertz CT molecular complexity index is 845. The third kappa shape index (κ3) is 4.87. The third-order valence-corrected chi connectivity index (χ3v) is 3.63. The number of rotatable bonds is 6. The topological polar surface area (TPSA) is 58.2 Å². The maximum absolute atomic E-state index is 12.6. The van der Waals surface area contributed by atoms with E-state index in [-0.39, 0.29) is 6.42 Å². The lowest BCUT2D eigenvalue weighted by Gasteiger charge is -2.16. The van der Waals surface area contributed by atoms with Gasteiger partial charge >= 0.3 is 0 Å². The molecule has 0 saturated carbocycles. The van der Waals surface area contributed by atoms with E-state index in [1.54, 1.807) is 48.5 Å². The number of carbonyl (C=O) groups is 2. The van der Waals surface area contributed by atoms with Crippen molar-refractivity contribution >= 4 is 23.2 Å². The van der Waals surface area contributed by atoms with Crippen molar-refractivity contribution < 1.29 is 9.59 Å². The van der Waals surface area contributed by atoms with Crippen molar-refractivity contribution in [2.45, 2.75) is 6.42 Å². The minimum Gasteiger partial charge on any atom is -0.325 e. The molecule has 0 atom stereocenters. The predicted molar refractivity (Wildman–Crippen MR) is 104 cm³/mol. The highest BCUT2D eigenvalue weighted by molar-refractivity contribution is 6.11. The molecule has 0 heterocycles. The van der Waals surface area contributed by atoms with Crippen LogP contribution in [0.5, 0.6) is 0 Å². The van der Waals surface area contributed by atoms with E-state index in [4.69, 9.17) is 12.8 Å². The predicted octanol–water partition coefficient (Wildman–Crippen LogP) is 3.42. The molecule has 0 fully saturated rings. The number of carbonyl (C=O) groups excluding carboxylic acids is 2. The molecule has 26 heavy (non-hydrogen) atoms. The molecule has 0 aliphatic carbocycles. The Hall–Kier alpha value is -3.76. The Morgan fingerprint density at radius 3 is 1.81 bits per heavy atom. The normalized spacial score (nSPS) is 9.65. The molecule has 4 nitrogen and oxygen atoms in total. The molecule has 2 aromatic carbocycles. The van der Waals surface area contributed by atoms with E-state index in [2.05, 4.69) is 29.1 Å². The van der Waals surface area contributed by atoms with Gasteiger partial charge in [0.2, 0.25) is 11.8 Å². The SMILES string of the molecule is C#Cc1cccc(NC(=O)C(CC=C)C(=O)Nc2cccc(C#C)c2)c1. The Morgan fingerprint density at radius 1 is 0.962 bits per heavy atom. The van der Waals surface area contributed by atoms with E-state index >= 15 is 0 Å². The monoisotopic (exact) mass is 342 g/mol. The molecular formula is C22H18N2O2. The highest BCUT2D eigenvalue weighted by Crippen LogP contribution is 2.16. The molecule has 0 saturated heterocycles. The van der Waals surface area contributed by atoms with Crippen molar-refractivity contribution in [3.8, 4) is 24.7 Å². The maximum atomic E-state index is 12.6. The second-order valence-corrected chi connectivity index (χ2v) is 5.51. The van der Waals surface area contributed by atoms with Crippen LogP contribution in [0.15, 0.2) is 61.2 Å². The fourth-order valence-electron chi connectivity index (χ4n) is 2.33. The van der Waals surface area contributed by atoms with Crippen LogP contribution < -0.4 is 10.6 Å². The molecule has 0 radical (unpaired) electrons. The highest BCUT2D eigenvalue weighted by atomic mass is 16.2. The first-order valence-corrected chi connectivity index (χ1v) is 7.93. The first-order chi connectivity index (χ1) is 12.6. The number of anilines is 2. The van der Waals surface area contributed by atoms with E-state index in [9.17, 15) is 9.59 Å². The van der Waals surface area contributed by atoms with E-state index in [0.29, 0.717) is 22.5 Å². The van der Waals surface area contributed by atoms with Gasteiger partial charge in [0, 0.05) is 22.5 Å². The third-order valence-electron chi connectivity index (χ3n) is 3.63. The zero-order chi connectivity index (χ0) is 18.9. The number of nitrogens with one attached hydrogen (secondary N) is 2. The van der Waals surface area contributed by atoms with E-state index in [1.165, 1.54) is 6.08 Å². The Labute approximate surface area is 153 Å². The molecule has 2 rings (SSSR count). The van der Waals surface area contributed by atoms with Crippen LogP contribution in [-0.4, -0.2) is 11.8 Å². The second-order valence-electron chi connectivity index (χ2n) is 5.51. The van der Waals surface area contributed by atoms with Gasteiger partial charge in [-0.2, -0.15) is 0 Å². The van der Waals surface area contributed by atoms with Crippen molar-refractivity contribution in [2.75, 3.05) is 10.6 Å². The average Bonchev–Trinajstić information content (AvgIpc) is 2.66. The molecule has 4 heteroatoms. The van der Waals surface area contributed by atoms with Crippen molar-refractivity contribution in [1.82, 2.24) is 0 Å². The number of terminal acetylenes is 2. The quantitative estimate of drug-likeness (QED) is 0.480. The van der Waals surface area contributed by atoms with Gasteiger partial charge in [0.15, 0.2) is 0 Å². The summed E-state index contributed by atoms with van der Waals surface area (Å²) in [7, 11) is 0. The molecule has 2 aromatic rings. The van der Waals surface area contributed by atoms with Crippen molar-refractivity contribution in [2.24, 2.45) is 5.92 Å². The van der Waals surface area contributed by atoms with Crippen molar-refractivity contribution in [3.05, 3.63) is 72.3 Å². The molecule has 0 aliphatic rings. The van der Waals surface area contributed by atoms with Crippen LogP contribution in [0.2, 0.25) is 0 Å². The first-order valence-electron chi connectivity index (χ1n) is 7.93. The standard InChI is InChI=1S/C22H18N2O2/c1-4-9-20(21(25)23-18-12-7-10-16(5-2)14-18)22(26)24-19-13-8-11-17(6-3)15-19/h2-4,7-8,10-15,20H,1,9H2,(H,23,25)(H,24,26). The zero-order valence-electron chi connectivity index (χ0n) is 14.2. The summed E-state index contributed by atoms with van der Waals surface area (Å²) in [4.78, 5) is 25.1. The summed E-state index contributed by atoms with van der Waals surface area (Å²) >= 11 is 0. The number of amides is 2. The number of benzene rings is 2. The first kappa shape index (κ1) is 18.6. The van der Waals surface area contributed by atoms with Crippen LogP contribution >= 0.6 is 0 Å². The van der Waals surface area contributed by atoms with Gasteiger partial charge in [-0.1, -0.05) is 30.0 Å². The van der Waals surface area contributed by atoms with Gasteiger partial charge in [0.25, 0.3) is 0 Å². The average molecular weight is 342 g/mol. The van der Waals surface area contributed by atoms with Crippen molar-refractivity contribution in [1.29, 1.82) is 0 Å². The largest absolute Gasteiger partial charge is 0.325 e. The van der Waals surface area contributed by atoms with Gasteiger partial charge < -0.3 is 10.6 Å². The summed E-state index contributed by atoms with van der Waals surface area (Å²) in [5.41, 5.74) is 2.33. The summed E-state index contributed by atoms with van der Waals surface area (Å²) in [6.07, 6.45) is 12.4. The Balaban J connectivity index is 2.14. The lowest BCUT2D eigenvalue weighted by molar-refractivity contribution is -0.129. The zero-order valence-corrected chi connectivity index (χ0v) is 14.2. The van der Waals surface area contributed by atoms with Crippen molar-refractivity contribution in [3.63, 3.8) is 0 Å². The molecule has 0 aromatic heterocycles. The molecule has 2 amide bonds. The number of hydrogen-bond donors (Lipinski definition) is 2. The van der Waals surface area contributed by atoms with Crippen LogP contribution in [-0.2, 0) is 9.59 Å². The molecule has 2 N–H and O–H groups in total. The number of hydrogen-bond acceptors (Lipinski definition) is 2. The minimum absolute atomic E-state index is 0.196. The van der Waals surface area contributed by atoms with Gasteiger partial charge in [-0.05, 0) is 42.8 Å². The van der Waals surface area contributed by atoms with Gasteiger partial charge in [-0.15, -0.1) is 19.4 Å². The summed E-state index contributed by atoms with van der Waals surface area (Å²) in [5.74, 6) is 3.18. The van der Waals surface area contributed by atoms with Gasteiger partial charge in [0.1, 0.15) is 5.92 Å². The van der Waals surface area contributed by atoms with Crippen LogP contribution in [0.3, 0.4) is 0 Å². The van der Waals surface area contributed by atoms with E-state index < -0.39 is 17.7 Å². The summed E-state index contributed by atoms with van der Waals surface area (Å²) < 4.78 is 0. The number of allylic oxidation sites excluding steroid dienone is 1. The fourth-order valence-corrected chi connectivity index (χ4v) is 2.33. The van der Waals surface area contributed by atoms with Crippen LogP contribution in [0.4, 0.5) is 11.4 Å². The fraction of sp³-hybridized carbons (Fsp3) is 0.0909. The van der Waals surface area contributed by atoms with Gasteiger partial charge in [-0.3, -0.25) is 9.59 Å². The molecular weight excluding hydrogens is 324 g/mol. The molecule has 128 valence electrons. The van der Waals surface area contributed by atoms with Gasteiger partial charge in [-0.25, -0.2) is 0 Å². The van der Waals surface area contributed by atoms with Gasteiger partial charge in [0.05, 0.1) is 0 Å². The lowest BCUT2D eigenvalue weighted by Crippen LogP contribution is -2.33. The minimum atomic E-state index is -0.934. The Morgan fingerprint density at radius 2 is 1.42 bits per heavy atom. The summed E-state index contributed by atoms with van der Waals surface area (Å²) in [5, 5.41) is 5.43. The lowest BCUT2D eigenvalue weighted by atomic mass is 10.0. The molecule has 0 spiro atoms. The molecule has 0 aliphatic heterocycles. The van der Waals surface area contributed by atoms with E-state index in [0.717, 1.165) is 0 Å². The van der Waals surface area contributed by atoms with Crippen LogP contribution in [0.1, 0.15) is 17.5 Å². The van der Waals surface area contributed by atoms with Crippen LogP contribution in [0, 0.1) is 30.6 Å². The maximum Gasteiger partial charge on any atom is 0.237 e. The highest BCUT2D eigenvalue weighted by Gasteiger charge is 2.25. The molecule has 0 unspecified atom stereocenters. The molecule has 0 bridgehead atoms. The second kappa shape index (κ2) is 8.92. The van der Waals surface area contributed by atoms with Crippen LogP contribution in [0.25, 0.3) is 0 Å². The Kier molecular flexibility index (Phi) is 6.37.